The third-order valence-electron chi connectivity index (χ3n) is 9.60. The number of hydrogen-bond acceptors (Lipinski definition) is 11. The molecule has 0 bridgehead atoms. The largest absolute Gasteiger partial charge is 0.467 e. The van der Waals surface area contributed by atoms with Crippen molar-refractivity contribution in [3.8, 4) is 6.01 Å². The van der Waals surface area contributed by atoms with Gasteiger partial charge in [0.2, 0.25) is 11.9 Å². The first kappa shape index (κ1) is 40.7. The molecule has 0 spiro atoms. The van der Waals surface area contributed by atoms with Gasteiger partial charge in [-0.3, -0.25) is 14.4 Å². The zero-order valence-corrected chi connectivity index (χ0v) is 31.5. The van der Waals surface area contributed by atoms with E-state index in [1.54, 1.807) is 12.1 Å². The van der Waals surface area contributed by atoms with Crippen molar-refractivity contribution in [3.05, 3.63) is 100 Å². The quantitative estimate of drug-likeness (QED) is 0.0773. The fraction of sp³-hybridized carbons (Fsp3) is 0.359. The number of ether oxygens (including phenoxy) is 2. The summed E-state index contributed by atoms with van der Waals surface area (Å²) < 4.78 is 48.6. The average molecular weight is 809 g/mol. The van der Waals surface area contributed by atoms with E-state index in [2.05, 4.69) is 47.6 Å². The third kappa shape index (κ3) is 11.1. The van der Waals surface area contributed by atoms with Crippen LogP contribution in [0.25, 0.3) is 0 Å². The summed E-state index contributed by atoms with van der Waals surface area (Å²) in [6.45, 7) is -1.42. The van der Waals surface area contributed by atoms with Crippen LogP contribution in [0.5, 0.6) is 6.01 Å². The van der Waals surface area contributed by atoms with E-state index in [9.17, 15) is 32.3 Å². The second-order valence-electron chi connectivity index (χ2n) is 13.7. The molecule has 14 nitrogen and oxygen atoms in total. The molecular weight excluding hydrogens is 769 g/mol. The van der Waals surface area contributed by atoms with Crippen LogP contribution in [0.3, 0.4) is 0 Å². The van der Waals surface area contributed by atoms with Gasteiger partial charge in [0, 0.05) is 35.3 Å². The second-order valence-corrected chi connectivity index (χ2v) is 14.1. The molecule has 1 unspecified atom stereocenters. The van der Waals surface area contributed by atoms with Crippen molar-refractivity contribution in [2.24, 2.45) is 0 Å². The third-order valence-corrected chi connectivity index (χ3v) is 9.85. The molecule has 2 aliphatic carbocycles. The first-order valence-corrected chi connectivity index (χ1v) is 18.6. The molecule has 2 atom stereocenters. The summed E-state index contributed by atoms with van der Waals surface area (Å²) >= 11 is 6.04. The fourth-order valence-corrected chi connectivity index (χ4v) is 6.64. The molecule has 1 heterocycles. The van der Waals surface area contributed by atoms with E-state index in [0.717, 1.165) is 31.9 Å². The number of benzene rings is 3. The molecule has 2 aliphatic rings. The van der Waals surface area contributed by atoms with Crippen LogP contribution in [-0.4, -0.2) is 77.7 Å². The lowest BCUT2D eigenvalue weighted by Crippen LogP contribution is -2.46. The van der Waals surface area contributed by atoms with Gasteiger partial charge in [0.15, 0.2) is 6.61 Å². The monoisotopic (exact) mass is 808 g/mol. The first-order chi connectivity index (χ1) is 27.3. The Morgan fingerprint density at radius 2 is 1.61 bits per heavy atom. The molecule has 5 N–H and O–H groups in total. The number of esters is 1. The van der Waals surface area contributed by atoms with Gasteiger partial charge in [0.25, 0.3) is 5.91 Å². The minimum atomic E-state index is -4.63. The van der Waals surface area contributed by atoms with Crippen molar-refractivity contribution in [2.75, 3.05) is 37.4 Å². The van der Waals surface area contributed by atoms with Crippen molar-refractivity contribution in [1.82, 2.24) is 30.9 Å². The smallest absolute Gasteiger partial charge is 0.422 e. The minimum Gasteiger partial charge on any atom is -0.467 e. The molecule has 0 aliphatic heterocycles. The molecule has 0 saturated heterocycles. The number of rotatable bonds is 15. The Balaban J connectivity index is 1.04. The zero-order valence-electron chi connectivity index (χ0n) is 30.7. The number of carbonyl (C=O) groups is 4. The SMILES string of the molecule is COC(=O)[C@H](CCNC(=O)C(=O)NCC1CCCc2ccccc21)NC(=O)c1ccc(Nc2nc(NC3(c4ccc(Cl)cc4)CC3)nc(OCC(F)(F)F)n2)cc1. The molecule has 6 rings (SSSR count). The molecule has 300 valence electrons. The Hall–Kier alpha value is -5.97. The first-order valence-electron chi connectivity index (χ1n) is 18.2. The number of carbonyl (C=O) groups excluding carboxylic acids is 4. The molecule has 1 saturated carbocycles. The van der Waals surface area contributed by atoms with Crippen molar-refractivity contribution in [3.63, 3.8) is 0 Å². The number of anilines is 3. The predicted molar refractivity (Wildman–Crippen MR) is 203 cm³/mol. The van der Waals surface area contributed by atoms with Crippen LogP contribution in [-0.2, 0) is 31.1 Å². The molecule has 4 aromatic rings. The molecule has 1 fully saturated rings. The lowest BCUT2D eigenvalue weighted by molar-refractivity contribution is -0.154. The fourth-order valence-electron chi connectivity index (χ4n) is 6.51. The number of halogens is 4. The summed E-state index contributed by atoms with van der Waals surface area (Å²) in [5.41, 5.74) is 3.26. The molecule has 3 aromatic carbocycles. The standard InChI is InChI=1S/C39H40ClF3N8O6/c1-56-34(55)30(17-20-44-32(53)33(54)45-21-25-7-4-6-23-5-2-3-8-29(23)25)47-31(52)24-9-15-28(16-10-24)46-35-48-36(50-37(49-35)57-22-39(41,42)43)51-38(18-19-38)26-11-13-27(40)14-12-26/h2-3,5,8-16,25,30H,4,6-7,17-22H2,1H3,(H,44,53)(H,45,54)(H,47,52)(H2,46,48,49,50,51)/t25?,30-/m0/s1. The molecule has 3 amide bonds. The van der Waals surface area contributed by atoms with Crippen molar-refractivity contribution < 1.29 is 41.8 Å². The van der Waals surface area contributed by atoms with Crippen LogP contribution in [0.4, 0.5) is 30.8 Å². The van der Waals surface area contributed by atoms with Gasteiger partial charge in [-0.05, 0) is 91.6 Å². The molecular formula is C39H40ClF3N8O6. The van der Waals surface area contributed by atoms with Gasteiger partial charge in [-0.1, -0.05) is 48.0 Å². The van der Waals surface area contributed by atoms with Gasteiger partial charge in [-0.15, -0.1) is 0 Å². The van der Waals surface area contributed by atoms with E-state index >= 15 is 0 Å². The summed E-state index contributed by atoms with van der Waals surface area (Å²) in [6, 6.07) is 19.3. The number of nitrogens with one attached hydrogen (secondary N) is 5. The van der Waals surface area contributed by atoms with Crippen molar-refractivity contribution >= 4 is 52.9 Å². The maximum atomic E-state index is 13.1. The lowest BCUT2D eigenvalue weighted by Gasteiger charge is -2.25. The van der Waals surface area contributed by atoms with Gasteiger partial charge < -0.3 is 36.1 Å². The van der Waals surface area contributed by atoms with Crippen molar-refractivity contribution in [2.45, 2.75) is 62.2 Å². The Morgan fingerprint density at radius 3 is 2.32 bits per heavy atom. The summed E-state index contributed by atoms with van der Waals surface area (Å²) in [4.78, 5) is 63.1. The zero-order chi connectivity index (χ0) is 40.6. The number of nitrogens with zero attached hydrogens (tertiary/aromatic N) is 3. The van der Waals surface area contributed by atoms with E-state index in [-0.39, 0.29) is 36.3 Å². The minimum absolute atomic E-state index is 0.0237. The van der Waals surface area contributed by atoms with Crippen LogP contribution in [0.15, 0.2) is 72.8 Å². The normalized spacial score (nSPS) is 15.9. The maximum absolute atomic E-state index is 13.1. The predicted octanol–water partition coefficient (Wildman–Crippen LogP) is 5.32. The summed E-state index contributed by atoms with van der Waals surface area (Å²) in [6.07, 6.45) is -0.410. The Morgan fingerprint density at radius 1 is 0.912 bits per heavy atom. The Bertz CT molecular complexity index is 2080. The number of aromatic nitrogens is 3. The van der Waals surface area contributed by atoms with Crippen LogP contribution < -0.4 is 31.3 Å². The number of methoxy groups -OCH3 is 1. The van der Waals surface area contributed by atoms with E-state index < -0.39 is 54.1 Å². The molecule has 1 aromatic heterocycles. The van der Waals surface area contributed by atoms with Gasteiger partial charge in [-0.25, -0.2) is 4.79 Å². The summed E-state index contributed by atoms with van der Waals surface area (Å²) in [7, 11) is 1.15. The van der Waals surface area contributed by atoms with Crippen LogP contribution >= 0.6 is 11.6 Å². The van der Waals surface area contributed by atoms with Gasteiger partial charge in [0.05, 0.1) is 12.6 Å². The highest BCUT2D eigenvalue weighted by molar-refractivity contribution is 6.35. The van der Waals surface area contributed by atoms with Crippen LogP contribution in [0.2, 0.25) is 5.02 Å². The van der Waals surface area contributed by atoms with Crippen LogP contribution in [0, 0.1) is 0 Å². The van der Waals surface area contributed by atoms with E-state index in [0.29, 0.717) is 30.1 Å². The van der Waals surface area contributed by atoms with E-state index in [4.69, 9.17) is 21.1 Å². The topological polar surface area (TPSA) is 186 Å². The second kappa shape index (κ2) is 17.9. The van der Waals surface area contributed by atoms with Gasteiger partial charge in [0.1, 0.15) is 6.04 Å². The highest BCUT2D eigenvalue weighted by Gasteiger charge is 2.45. The molecule has 18 heteroatoms. The average Bonchev–Trinajstić information content (AvgIpc) is 3.98. The Labute approximate surface area is 330 Å². The highest BCUT2D eigenvalue weighted by atomic mass is 35.5. The Kier molecular flexibility index (Phi) is 12.8. The van der Waals surface area contributed by atoms with Crippen LogP contribution in [0.1, 0.15) is 65.1 Å². The summed E-state index contributed by atoms with van der Waals surface area (Å²) in [5.74, 6) is -3.12. The molecule has 0 radical (unpaired) electrons. The molecule has 57 heavy (non-hydrogen) atoms. The lowest BCUT2D eigenvalue weighted by atomic mass is 9.83. The van der Waals surface area contributed by atoms with E-state index in [1.165, 1.54) is 35.4 Å². The number of aryl methyl sites for hydroxylation is 1. The van der Waals surface area contributed by atoms with Gasteiger partial charge in [-0.2, -0.15) is 28.1 Å². The highest BCUT2D eigenvalue weighted by Crippen LogP contribution is 2.48. The number of hydrogen-bond donors (Lipinski definition) is 5. The van der Waals surface area contributed by atoms with Crippen molar-refractivity contribution in [1.29, 1.82) is 0 Å². The van der Waals surface area contributed by atoms with Gasteiger partial charge >= 0.3 is 30.0 Å². The maximum Gasteiger partial charge on any atom is 0.422 e. The summed E-state index contributed by atoms with van der Waals surface area (Å²) in [5, 5.41) is 14.4. The number of fused-ring (bicyclic) bond motifs is 1. The number of amides is 3. The number of alkyl halides is 3. The van der Waals surface area contributed by atoms with E-state index in [1.807, 2.05) is 30.3 Å².